The predicted molar refractivity (Wildman–Crippen MR) is 54.6 cm³/mol. The van der Waals surface area contributed by atoms with E-state index in [9.17, 15) is 22.8 Å². The zero-order valence-electron chi connectivity index (χ0n) is 9.68. The van der Waals surface area contributed by atoms with Gasteiger partial charge in [0.1, 0.15) is 0 Å². The van der Waals surface area contributed by atoms with E-state index in [0.29, 0.717) is 4.90 Å². The van der Waals surface area contributed by atoms with Crippen molar-refractivity contribution in [3.8, 4) is 0 Å². The van der Waals surface area contributed by atoms with Crippen molar-refractivity contribution >= 4 is 17.8 Å². The molecule has 1 unspecified atom stereocenters. The molecule has 0 aliphatic carbocycles. The van der Waals surface area contributed by atoms with Crippen LogP contribution < -0.4 is 4.90 Å². The summed E-state index contributed by atoms with van der Waals surface area (Å²) in [4.78, 5) is 26.0. The zero-order valence-corrected chi connectivity index (χ0v) is 9.68. The summed E-state index contributed by atoms with van der Waals surface area (Å²) in [6.07, 6.45) is -4.82. The minimum absolute atomic E-state index is 0.207. The van der Waals surface area contributed by atoms with Crippen LogP contribution in [0.1, 0.15) is 24.0 Å². The van der Waals surface area contributed by atoms with E-state index < -0.39 is 35.9 Å². The van der Waals surface area contributed by atoms with Crippen LogP contribution in [0.3, 0.4) is 0 Å². The molecule has 0 saturated carbocycles. The van der Waals surface area contributed by atoms with Crippen molar-refractivity contribution < 1.29 is 27.9 Å². The molecule has 0 aromatic carbocycles. The molecular formula is C9H9F3N4O3. The smallest absolute Gasteiger partial charge is 0.471 e. The first kappa shape index (κ1) is 13.3. The van der Waals surface area contributed by atoms with Gasteiger partial charge in [0.2, 0.25) is 5.95 Å². The molecule has 1 N–H and O–H groups in total. The van der Waals surface area contributed by atoms with E-state index in [4.69, 9.17) is 5.11 Å². The van der Waals surface area contributed by atoms with E-state index in [2.05, 4.69) is 10.1 Å². The molecule has 0 saturated heterocycles. The first-order chi connectivity index (χ1) is 8.71. The monoisotopic (exact) mass is 278 g/mol. The molecule has 1 aliphatic rings. The van der Waals surface area contributed by atoms with Crippen molar-refractivity contribution in [1.29, 1.82) is 0 Å². The molecular weight excluding hydrogens is 269 g/mol. The number of rotatable bonds is 1. The van der Waals surface area contributed by atoms with Gasteiger partial charge in [0, 0.05) is 12.6 Å². The van der Waals surface area contributed by atoms with Gasteiger partial charge in [-0.25, -0.2) is 9.48 Å². The zero-order chi connectivity index (χ0) is 14.4. The molecule has 19 heavy (non-hydrogen) atoms. The lowest BCUT2D eigenvalue weighted by Gasteiger charge is -2.32. The summed E-state index contributed by atoms with van der Waals surface area (Å²) in [6, 6.07) is -0.729. The Hall–Kier alpha value is -2.13. The number of carboxylic acid groups (broad SMARTS) is 1. The molecule has 1 amide bonds. The maximum Gasteiger partial charge on any atom is 0.471 e. The number of aryl methyl sites for hydroxylation is 1. The maximum atomic E-state index is 12.5. The minimum atomic E-state index is -5.05. The van der Waals surface area contributed by atoms with Gasteiger partial charge < -0.3 is 5.11 Å². The first-order valence-electron chi connectivity index (χ1n) is 5.30. The van der Waals surface area contributed by atoms with Crippen LogP contribution in [0.4, 0.5) is 19.1 Å². The fourth-order valence-corrected chi connectivity index (χ4v) is 1.82. The van der Waals surface area contributed by atoms with Gasteiger partial charge in [-0.3, -0.25) is 9.69 Å². The summed E-state index contributed by atoms with van der Waals surface area (Å²) in [7, 11) is 0. The van der Waals surface area contributed by atoms with Crippen LogP contribution in [0.15, 0.2) is 0 Å². The van der Waals surface area contributed by atoms with E-state index in [1.54, 1.807) is 0 Å². The summed E-state index contributed by atoms with van der Waals surface area (Å²) < 4.78 is 38.5. The average molecular weight is 278 g/mol. The molecule has 1 aliphatic heterocycles. The number of fused-ring (bicyclic) bond motifs is 1. The van der Waals surface area contributed by atoms with E-state index in [1.165, 1.54) is 6.92 Å². The van der Waals surface area contributed by atoms with E-state index in [0.717, 1.165) is 4.68 Å². The van der Waals surface area contributed by atoms with Gasteiger partial charge in [-0.2, -0.15) is 18.2 Å². The highest BCUT2D eigenvalue weighted by Crippen LogP contribution is 2.28. The molecule has 1 atom stereocenters. The molecule has 10 heteroatoms. The molecule has 2 heterocycles. The molecule has 0 spiro atoms. The summed E-state index contributed by atoms with van der Waals surface area (Å²) >= 11 is 0. The standard InChI is InChI=1S/C9H9F3N4O3/c1-4-2-3-15-8(13-5(14-15)6(17)18)16(4)7(19)9(10,11)12/h4H,2-3H2,1H3,(H,17,18). The Morgan fingerprint density at radius 1 is 1.42 bits per heavy atom. The Balaban J connectivity index is 2.46. The van der Waals surface area contributed by atoms with Crippen LogP contribution in [0.25, 0.3) is 0 Å². The third-order valence-corrected chi connectivity index (χ3v) is 2.72. The van der Waals surface area contributed by atoms with Crippen molar-refractivity contribution in [2.75, 3.05) is 4.90 Å². The largest absolute Gasteiger partial charge is 0.475 e. The van der Waals surface area contributed by atoms with Crippen LogP contribution in [-0.4, -0.2) is 44.0 Å². The number of hydrogen-bond donors (Lipinski definition) is 1. The number of halogens is 3. The number of aromatic nitrogens is 3. The minimum Gasteiger partial charge on any atom is -0.475 e. The highest BCUT2D eigenvalue weighted by atomic mass is 19.4. The normalized spacial score (nSPS) is 19.2. The number of amides is 1. The maximum absolute atomic E-state index is 12.5. The van der Waals surface area contributed by atoms with Crippen molar-refractivity contribution in [3.63, 3.8) is 0 Å². The van der Waals surface area contributed by atoms with Crippen LogP contribution in [0.5, 0.6) is 0 Å². The Labute approximate surface area is 104 Å². The number of alkyl halides is 3. The Bertz CT molecular complexity index is 539. The van der Waals surface area contributed by atoms with Gasteiger partial charge in [0.15, 0.2) is 0 Å². The topological polar surface area (TPSA) is 88.3 Å². The van der Waals surface area contributed by atoms with Crippen molar-refractivity contribution in [2.45, 2.75) is 32.1 Å². The van der Waals surface area contributed by atoms with Crippen molar-refractivity contribution in [2.24, 2.45) is 0 Å². The highest BCUT2D eigenvalue weighted by Gasteiger charge is 2.47. The fourth-order valence-electron chi connectivity index (χ4n) is 1.82. The molecule has 1 aromatic rings. The number of nitrogens with zero attached hydrogens (tertiary/aromatic N) is 4. The average Bonchev–Trinajstić information content (AvgIpc) is 2.70. The SMILES string of the molecule is CC1CCn2nc(C(=O)O)nc2N1C(=O)C(F)(F)F. The van der Waals surface area contributed by atoms with Gasteiger partial charge in [-0.05, 0) is 13.3 Å². The van der Waals surface area contributed by atoms with E-state index in [-0.39, 0.29) is 13.0 Å². The summed E-state index contributed by atoms with van der Waals surface area (Å²) in [5.41, 5.74) is 0. The Morgan fingerprint density at radius 2 is 2.05 bits per heavy atom. The lowest BCUT2D eigenvalue weighted by Crippen LogP contribution is -2.50. The number of anilines is 1. The van der Waals surface area contributed by atoms with E-state index in [1.807, 2.05) is 0 Å². The fraction of sp³-hybridized carbons (Fsp3) is 0.556. The highest BCUT2D eigenvalue weighted by molar-refractivity contribution is 5.97. The third-order valence-electron chi connectivity index (χ3n) is 2.72. The summed E-state index contributed by atoms with van der Waals surface area (Å²) in [5, 5.41) is 12.3. The molecule has 1 aromatic heterocycles. The summed E-state index contributed by atoms with van der Waals surface area (Å²) in [5.74, 6) is -4.57. The Morgan fingerprint density at radius 3 is 2.58 bits per heavy atom. The van der Waals surface area contributed by atoms with Gasteiger partial charge in [-0.15, -0.1) is 5.10 Å². The second kappa shape index (κ2) is 4.21. The second-order valence-corrected chi connectivity index (χ2v) is 4.07. The van der Waals surface area contributed by atoms with Gasteiger partial charge in [-0.1, -0.05) is 0 Å². The van der Waals surface area contributed by atoms with Gasteiger partial charge >= 0.3 is 18.1 Å². The number of hydrogen-bond acceptors (Lipinski definition) is 4. The Kier molecular flexibility index (Phi) is 2.95. The number of carbonyl (C=O) groups is 2. The van der Waals surface area contributed by atoms with E-state index >= 15 is 0 Å². The molecule has 7 nitrogen and oxygen atoms in total. The second-order valence-electron chi connectivity index (χ2n) is 4.07. The number of carbonyl (C=O) groups excluding carboxylic acids is 1. The van der Waals surface area contributed by atoms with Crippen molar-refractivity contribution in [1.82, 2.24) is 14.8 Å². The lowest BCUT2D eigenvalue weighted by atomic mass is 10.1. The molecule has 0 bridgehead atoms. The van der Waals surface area contributed by atoms with Crippen molar-refractivity contribution in [3.05, 3.63) is 5.82 Å². The molecule has 0 radical (unpaired) electrons. The quantitative estimate of drug-likeness (QED) is 0.815. The van der Waals surface area contributed by atoms with Crippen LogP contribution in [0, 0.1) is 0 Å². The van der Waals surface area contributed by atoms with Crippen LogP contribution >= 0.6 is 0 Å². The van der Waals surface area contributed by atoms with Gasteiger partial charge in [0.05, 0.1) is 0 Å². The number of aromatic carboxylic acids is 1. The van der Waals surface area contributed by atoms with Gasteiger partial charge in [0.25, 0.3) is 5.82 Å². The summed E-state index contributed by atoms with van der Waals surface area (Å²) in [6.45, 7) is 1.64. The lowest BCUT2D eigenvalue weighted by molar-refractivity contribution is -0.171. The first-order valence-corrected chi connectivity index (χ1v) is 5.30. The number of carboxylic acids is 1. The molecule has 0 fully saturated rings. The molecule has 2 rings (SSSR count). The van der Waals surface area contributed by atoms with Crippen LogP contribution in [-0.2, 0) is 11.3 Å². The third kappa shape index (κ3) is 2.25. The van der Waals surface area contributed by atoms with Crippen LogP contribution in [0.2, 0.25) is 0 Å². The predicted octanol–water partition coefficient (Wildman–Crippen LogP) is 0.664. The molecule has 104 valence electrons.